The van der Waals surface area contributed by atoms with Crippen LogP contribution in [0.2, 0.25) is 0 Å². The molecule has 1 aromatic heterocycles. The minimum Gasteiger partial charge on any atom is -0.376 e. The lowest BCUT2D eigenvalue weighted by Crippen LogP contribution is -2.42. The lowest BCUT2D eigenvalue weighted by Gasteiger charge is -2.31. The summed E-state index contributed by atoms with van der Waals surface area (Å²) in [5.41, 5.74) is 0.874. The molecule has 5 heteroatoms. The van der Waals surface area contributed by atoms with Crippen molar-refractivity contribution in [2.45, 2.75) is 65.0 Å². The minimum atomic E-state index is -0.0889. The Labute approximate surface area is 127 Å². The number of nitrogens with zero attached hydrogens (tertiary/aromatic N) is 2. The summed E-state index contributed by atoms with van der Waals surface area (Å²) in [4.78, 5) is 9.42. The van der Waals surface area contributed by atoms with Gasteiger partial charge >= 0.3 is 0 Å². The Balaban J connectivity index is 2.43. The minimum absolute atomic E-state index is 0.0840. The molecule has 2 heterocycles. The molecule has 5 nitrogen and oxygen atoms in total. The normalized spacial score (nSPS) is 26.0. The third-order valence-corrected chi connectivity index (χ3v) is 4.34. The number of rotatable bonds is 3. The van der Waals surface area contributed by atoms with Gasteiger partial charge in [-0.25, -0.2) is 9.97 Å². The summed E-state index contributed by atoms with van der Waals surface area (Å²) in [5, 5.41) is 6.78. The Bertz CT molecular complexity index is 524. The molecule has 0 radical (unpaired) electrons. The van der Waals surface area contributed by atoms with Gasteiger partial charge in [0, 0.05) is 24.6 Å². The molecule has 0 saturated carbocycles. The van der Waals surface area contributed by atoms with Gasteiger partial charge in [-0.05, 0) is 27.2 Å². The summed E-state index contributed by atoms with van der Waals surface area (Å²) in [6, 6.07) is 0. The lowest BCUT2D eigenvalue weighted by atomic mass is 9.93. The van der Waals surface area contributed by atoms with Gasteiger partial charge in [0.05, 0.1) is 11.6 Å². The molecule has 2 N–H and O–H groups in total. The van der Waals surface area contributed by atoms with Crippen molar-refractivity contribution < 1.29 is 4.74 Å². The van der Waals surface area contributed by atoms with Crippen molar-refractivity contribution in [3.8, 4) is 0 Å². The second kappa shape index (κ2) is 5.44. The number of hydrogen-bond acceptors (Lipinski definition) is 5. The van der Waals surface area contributed by atoms with Crippen LogP contribution in [-0.2, 0) is 10.2 Å². The van der Waals surface area contributed by atoms with Crippen LogP contribution in [0, 0.1) is 6.92 Å². The molecular weight excluding hydrogens is 264 g/mol. The molecule has 1 aliphatic rings. The highest BCUT2D eigenvalue weighted by molar-refractivity contribution is 5.58. The first-order valence-electron chi connectivity index (χ1n) is 7.64. The fourth-order valence-electron chi connectivity index (χ4n) is 2.49. The zero-order valence-electron chi connectivity index (χ0n) is 14.3. The number of nitrogens with one attached hydrogen (secondary N) is 2. The highest BCUT2D eigenvalue weighted by Crippen LogP contribution is 2.32. The number of hydrogen-bond donors (Lipinski definition) is 2. The second-order valence-electron chi connectivity index (χ2n) is 7.17. The fraction of sp³-hybridized carbons (Fsp3) is 0.750. The van der Waals surface area contributed by atoms with E-state index in [2.05, 4.69) is 50.2 Å². The zero-order chi connectivity index (χ0) is 15.8. The Morgan fingerprint density at radius 3 is 2.33 bits per heavy atom. The third-order valence-electron chi connectivity index (χ3n) is 4.34. The summed E-state index contributed by atoms with van der Waals surface area (Å²) >= 11 is 0. The molecule has 118 valence electrons. The molecule has 0 aromatic carbocycles. The Hall–Kier alpha value is -1.36. The monoisotopic (exact) mass is 292 g/mol. The fourth-order valence-corrected chi connectivity index (χ4v) is 2.49. The molecule has 1 saturated heterocycles. The van der Waals surface area contributed by atoms with Gasteiger partial charge in [0.25, 0.3) is 0 Å². The SMILES string of the molecule is CNc1nc(C(C)(C)C)nc(NC2(C)CCOC2C)c1C. The van der Waals surface area contributed by atoms with Gasteiger partial charge in [-0.15, -0.1) is 0 Å². The Kier molecular flexibility index (Phi) is 4.15. The quantitative estimate of drug-likeness (QED) is 0.896. The van der Waals surface area contributed by atoms with Gasteiger partial charge < -0.3 is 15.4 Å². The maximum atomic E-state index is 5.71. The number of aromatic nitrogens is 2. The van der Waals surface area contributed by atoms with E-state index in [1.165, 1.54) is 0 Å². The molecule has 0 aliphatic carbocycles. The van der Waals surface area contributed by atoms with Crippen molar-refractivity contribution in [3.63, 3.8) is 0 Å². The predicted molar refractivity (Wildman–Crippen MR) is 87.1 cm³/mol. The van der Waals surface area contributed by atoms with Crippen molar-refractivity contribution in [1.82, 2.24) is 9.97 Å². The molecule has 0 bridgehead atoms. The maximum Gasteiger partial charge on any atom is 0.138 e. The molecule has 21 heavy (non-hydrogen) atoms. The highest BCUT2D eigenvalue weighted by atomic mass is 16.5. The first-order chi connectivity index (χ1) is 9.67. The van der Waals surface area contributed by atoms with Crippen LogP contribution in [0.1, 0.15) is 52.4 Å². The molecule has 2 atom stereocenters. The number of ether oxygens (including phenoxy) is 1. The summed E-state index contributed by atoms with van der Waals surface area (Å²) < 4.78 is 5.71. The van der Waals surface area contributed by atoms with Gasteiger partial charge in [0.15, 0.2) is 0 Å². The first kappa shape index (κ1) is 16.0. The van der Waals surface area contributed by atoms with E-state index in [9.17, 15) is 0 Å². The van der Waals surface area contributed by atoms with Gasteiger partial charge in [-0.1, -0.05) is 20.8 Å². The highest BCUT2D eigenvalue weighted by Gasteiger charge is 2.38. The zero-order valence-corrected chi connectivity index (χ0v) is 14.3. The van der Waals surface area contributed by atoms with E-state index < -0.39 is 0 Å². The van der Waals surface area contributed by atoms with Crippen LogP contribution in [0.3, 0.4) is 0 Å². The van der Waals surface area contributed by atoms with Crippen molar-refractivity contribution >= 4 is 11.6 Å². The Morgan fingerprint density at radius 1 is 1.24 bits per heavy atom. The van der Waals surface area contributed by atoms with Crippen LogP contribution in [0.15, 0.2) is 0 Å². The molecule has 0 amide bonds. The molecule has 2 rings (SSSR count). The molecular formula is C16H28N4O. The van der Waals surface area contributed by atoms with E-state index in [-0.39, 0.29) is 17.1 Å². The average molecular weight is 292 g/mol. The van der Waals surface area contributed by atoms with Crippen LogP contribution in [0.5, 0.6) is 0 Å². The van der Waals surface area contributed by atoms with Crippen LogP contribution in [0.25, 0.3) is 0 Å². The van der Waals surface area contributed by atoms with Crippen molar-refractivity contribution in [2.75, 3.05) is 24.3 Å². The van der Waals surface area contributed by atoms with E-state index >= 15 is 0 Å². The van der Waals surface area contributed by atoms with E-state index in [4.69, 9.17) is 9.72 Å². The molecule has 1 fully saturated rings. The molecule has 1 aromatic rings. The first-order valence-corrected chi connectivity index (χ1v) is 7.64. The molecule has 0 spiro atoms. The summed E-state index contributed by atoms with van der Waals surface area (Å²) in [6.07, 6.45) is 1.15. The van der Waals surface area contributed by atoms with Crippen molar-refractivity contribution in [3.05, 3.63) is 11.4 Å². The Morgan fingerprint density at radius 2 is 1.86 bits per heavy atom. The molecule has 2 unspecified atom stereocenters. The second-order valence-corrected chi connectivity index (χ2v) is 7.17. The maximum absolute atomic E-state index is 5.71. The summed E-state index contributed by atoms with van der Waals surface area (Å²) in [7, 11) is 1.90. The van der Waals surface area contributed by atoms with Crippen LogP contribution < -0.4 is 10.6 Å². The van der Waals surface area contributed by atoms with E-state index in [1.54, 1.807) is 0 Å². The van der Waals surface area contributed by atoms with Gasteiger partial charge in [-0.3, -0.25) is 0 Å². The standard InChI is InChI=1S/C16H28N4O/c1-10-12(17-7)18-14(15(3,4)5)19-13(10)20-16(6)8-9-21-11(16)2/h11H,8-9H2,1-7H3,(H2,17,18,19,20). The topological polar surface area (TPSA) is 59.1 Å². The molecule has 1 aliphatic heterocycles. The number of anilines is 2. The lowest BCUT2D eigenvalue weighted by molar-refractivity contribution is 0.105. The van der Waals surface area contributed by atoms with Gasteiger partial charge in [0.2, 0.25) is 0 Å². The van der Waals surface area contributed by atoms with Crippen molar-refractivity contribution in [1.29, 1.82) is 0 Å². The van der Waals surface area contributed by atoms with E-state index in [0.717, 1.165) is 36.1 Å². The van der Waals surface area contributed by atoms with Crippen molar-refractivity contribution in [2.24, 2.45) is 0 Å². The average Bonchev–Trinajstić information content (AvgIpc) is 2.70. The summed E-state index contributed by atoms with van der Waals surface area (Å²) in [5.74, 6) is 2.63. The predicted octanol–water partition coefficient (Wildman–Crippen LogP) is 3.10. The third kappa shape index (κ3) is 3.12. The van der Waals surface area contributed by atoms with E-state index in [1.807, 2.05) is 14.0 Å². The van der Waals surface area contributed by atoms with Gasteiger partial charge in [0.1, 0.15) is 17.5 Å². The summed E-state index contributed by atoms with van der Waals surface area (Å²) in [6.45, 7) is 13.5. The van der Waals surface area contributed by atoms with Crippen LogP contribution in [-0.4, -0.2) is 35.3 Å². The smallest absolute Gasteiger partial charge is 0.138 e. The largest absolute Gasteiger partial charge is 0.376 e. The van der Waals surface area contributed by atoms with E-state index in [0.29, 0.717) is 0 Å². The van der Waals surface area contributed by atoms with Gasteiger partial charge in [-0.2, -0.15) is 0 Å². The van der Waals surface area contributed by atoms with Crippen LogP contribution >= 0.6 is 0 Å². The van der Waals surface area contributed by atoms with Crippen LogP contribution in [0.4, 0.5) is 11.6 Å².